The van der Waals surface area contributed by atoms with Crippen molar-refractivity contribution in [2.24, 2.45) is 0 Å². The molecule has 6 heteroatoms. The Balaban J connectivity index is 2.34. The van der Waals surface area contributed by atoms with E-state index in [-0.39, 0.29) is 11.7 Å². The number of aliphatic carboxylic acids is 1. The highest BCUT2D eigenvalue weighted by atomic mass is 32.2. The molecule has 2 N–H and O–H groups in total. The Bertz CT molecular complexity index is 508. The molecule has 0 bridgehead atoms. The van der Waals surface area contributed by atoms with E-state index in [0.717, 1.165) is 5.56 Å². The minimum atomic E-state index is -1.02. The van der Waals surface area contributed by atoms with Gasteiger partial charge in [-0.3, -0.25) is 4.79 Å². The van der Waals surface area contributed by atoms with E-state index in [1.807, 2.05) is 18.2 Å². The molecule has 0 aliphatic heterocycles. The first-order valence-corrected chi connectivity index (χ1v) is 7.31. The monoisotopic (exact) mass is 292 g/mol. The fraction of sp³-hybridized carbons (Fsp3) is 0.357. The molecule has 0 spiro atoms. The molecule has 1 rings (SSSR count). The van der Waals surface area contributed by atoms with Crippen molar-refractivity contribution in [3.8, 4) is 6.07 Å². The van der Waals surface area contributed by atoms with Crippen molar-refractivity contribution in [1.29, 1.82) is 5.26 Å². The normalized spacial score (nSPS) is 11.4. The van der Waals surface area contributed by atoms with Crippen molar-refractivity contribution in [3.05, 3.63) is 35.4 Å². The average molecular weight is 292 g/mol. The predicted octanol–water partition coefficient (Wildman–Crippen LogP) is 1.77. The molecular formula is C14H16N2O3S. The van der Waals surface area contributed by atoms with Crippen molar-refractivity contribution in [1.82, 2.24) is 5.32 Å². The molecule has 0 saturated carbocycles. The number of carboxylic acid groups (broad SMARTS) is 1. The van der Waals surface area contributed by atoms with Gasteiger partial charge < -0.3 is 10.4 Å². The fourth-order valence-corrected chi connectivity index (χ4v) is 2.31. The number of benzene rings is 1. The number of nitriles is 1. The maximum Gasteiger partial charge on any atom is 0.326 e. The lowest BCUT2D eigenvalue weighted by atomic mass is 10.2. The lowest BCUT2D eigenvalue weighted by molar-refractivity contribution is -0.141. The fourth-order valence-electron chi connectivity index (χ4n) is 1.51. The lowest BCUT2D eigenvalue weighted by Crippen LogP contribution is -2.41. The van der Waals surface area contributed by atoms with Gasteiger partial charge in [0.05, 0.1) is 17.4 Å². The zero-order valence-electron chi connectivity index (χ0n) is 11.1. The first-order chi connectivity index (χ1) is 9.56. The number of rotatable bonds is 7. The molecule has 5 nitrogen and oxygen atoms in total. The van der Waals surface area contributed by atoms with Crippen LogP contribution in [0.4, 0.5) is 0 Å². The van der Waals surface area contributed by atoms with E-state index in [4.69, 9.17) is 10.4 Å². The van der Waals surface area contributed by atoms with E-state index in [0.29, 0.717) is 17.7 Å². The van der Waals surface area contributed by atoms with Gasteiger partial charge in [-0.05, 0) is 24.1 Å². The van der Waals surface area contributed by atoms with Crippen LogP contribution in [0.15, 0.2) is 24.3 Å². The minimum absolute atomic E-state index is 0.212. The summed E-state index contributed by atoms with van der Waals surface area (Å²) in [7, 11) is 0. The number of carboxylic acids is 1. The van der Waals surface area contributed by atoms with E-state index in [1.54, 1.807) is 19.1 Å². The van der Waals surface area contributed by atoms with Gasteiger partial charge in [0, 0.05) is 5.75 Å². The molecule has 1 unspecified atom stereocenters. The number of amides is 1. The van der Waals surface area contributed by atoms with E-state index < -0.39 is 12.0 Å². The Morgan fingerprint density at radius 3 is 2.55 bits per heavy atom. The van der Waals surface area contributed by atoms with E-state index in [2.05, 4.69) is 5.32 Å². The summed E-state index contributed by atoms with van der Waals surface area (Å²) >= 11 is 1.40. The van der Waals surface area contributed by atoms with Crippen LogP contribution in [0, 0.1) is 11.3 Å². The highest BCUT2D eigenvalue weighted by Gasteiger charge is 2.17. The van der Waals surface area contributed by atoms with Crippen molar-refractivity contribution in [2.45, 2.75) is 25.1 Å². The van der Waals surface area contributed by atoms with Crippen molar-refractivity contribution in [3.63, 3.8) is 0 Å². The number of nitrogens with zero attached hydrogens (tertiary/aromatic N) is 1. The van der Waals surface area contributed by atoms with Crippen LogP contribution in [-0.2, 0) is 15.3 Å². The van der Waals surface area contributed by atoms with Gasteiger partial charge in [0.2, 0.25) is 5.91 Å². The number of carbonyl (C=O) groups is 2. The largest absolute Gasteiger partial charge is 0.480 e. The quantitative estimate of drug-likeness (QED) is 0.799. The van der Waals surface area contributed by atoms with Crippen LogP contribution < -0.4 is 5.32 Å². The van der Waals surface area contributed by atoms with Gasteiger partial charge in [0.1, 0.15) is 6.04 Å². The van der Waals surface area contributed by atoms with Gasteiger partial charge in [-0.2, -0.15) is 5.26 Å². The molecular weight excluding hydrogens is 276 g/mol. The summed E-state index contributed by atoms with van der Waals surface area (Å²) in [5.74, 6) is -0.442. The first-order valence-electron chi connectivity index (χ1n) is 6.15. The van der Waals surface area contributed by atoms with Gasteiger partial charge >= 0.3 is 5.97 Å². The maximum atomic E-state index is 11.6. The summed E-state index contributed by atoms with van der Waals surface area (Å²) in [4.78, 5) is 22.3. The summed E-state index contributed by atoms with van der Waals surface area (Å²) in [6, 6.07) is 8.36. The molecule has 0 aliphatic rings. The molecule has 0 aliphatic carbocycles. The van der Waals surface area contributed by atoms with E-state index in [1.165, 1.54) is 11.8 Å². The summed E-state index contributed by atoms with van der Waals surface area (Å²) in [5, 5.41) is 20.0. The molecule has 0 heterocycles. The standard InChI is InChI=1S/C14H16N2O3S/c1-2-12(14(18)19)16-13(17)9-20-8-11-5-3-10(7-15)4-6-11/h3-6,12H,2,8-9H2,1H3,(H,16,17)(H,18,19). The van der Waals surface area contributed by atoms with Gasteiger partial charge in [-0.15, -0.1) is 11.8 Å². The zero-order valence-corrected chi connectivity index (χ0v) is 11.9. The lowest BCUT2D eigenvalue weighted by Gasteiger charge is -2.11. The number of nitrogens with one attached hydrogen (secondary N) is 1. The first kappa shape index (κ1) is 16.1. The Hall–Kier alpha value is -2.00. The molecule has 0 saturated heterocycles. The van der Waals surface area contributed by atoms with Crippen LogP contribution in [-0.4, -0.2) is 28.8 Å². The summed E-state index contributed by atoms with van der Waals surface area (Å²) in [5.41, 5.74) is 1.62. The number of carbonyl (C=O) groups excluding carboxylic acids is 1. The van der Waals surface area contributed by atoms with Crippen molar-refractivity contribution in [2.75, 3.05) is 5.75 Å². The highest BCUT2D eigenvalue weighted by Crippen LogP contribution is 2.12. The predicted molar refractivity (Wildman–Crippen MR) is 77.2 cm³/mol. The second kappa shape index (κ2) is 8.23. The number of thioether (sulfide) groups is 1. The summed E-state index contributed by atoms with van der Waals surface area (Å²) in [6.45, 7) is 1.71. The zero-order chi connectivity index (χ0) is 15.0. The second-order valence-electron chi connectivity index (χ2n) is 4.17. The van der Waals surface area contributed by atoms with Crippen LogP contribution in [0.5, 0.6) is 0 Å². The average Bonchev–Trinajstić information content (AvgIpc) is 2.45. The Morgan fingerprint density at radius 2 is 2.05 bits per heavy atom. The van der Waals surface area contributed by atoms with E-state index in [9.17, 15) is 9.59 Å². The van der Waals surface area contributed by atoms with Crippen LogP contribution >= 0.6 is 11.8 Å². The molecule has 1 aromatic rings. The van der Waals surface area contributed by atoms with Crippen LogP contribution in [0.2, 0.25) is 0 Å². The highest BCUT2D eigenvalue weighted by molar-refractivity contribution is 7.99. The molecule has 0 aromatic heterocycles. The summed E-state index contributed by atoms with van der Waals surface area (Å²) in [6.07, 6.45) is 0.362. The van der Waals surface area contributed by atoms with Crippen LogP contribution in [0.3, 0.4) is 0 Å². The third kappa shape index (κ3) is 5.33. The number of hydrogen-bond donors (Lipinski definition) is 2. The minimum Gasteiger partial charge on any atom is -0.480 e. The van der Waals surface area contributed by atoms with E-state index >= 15 is 0 Å². The van der Waals surface area contributed by atoms with Gasteiger partial charge in [0.25, 0.3) is 0 Å². The van der Waals surface area contributed by atoms with Gasteiger partial charge in [-0.25, -0.2) is 4.79 Å². The smallest absolute Gasteiger partial charge is 0.326 e. The molecule has 106 valence electrons. The van der Waals surface area contributed by atoms with Crippen LogP contribution in [0.25, 0.3) is 0 Å². The topological polar surface area (TPSA) is 90.2 Å². The maximum absolute atomic E-state index is 11.6. The Kier molecular flexibility index (Phi) is 6.60. The van der Waals surface area contributed by atoms with Crippen molar-refractivity contribution < 1.29 is 14.7 Å². The third-order valence-corrected chi connectivity index (χ3v) is 3.63. The Morgan fingerprint density at radius 1 is 1.40 bits per heavy atom. The summed E-state index contributed by atoms with van der Waals surface area (Å²) < 4.78 is 0. The molecule has 1 amide bonds. The van der Waals surface area contributed by atoms with Crippen molar-refractivity contribution >= 4 is 23.6 Å². The molecule has 0 radical (unpaired) electrons. The molecule has 1 atom stereocenters. The van der Waals surface area contributed by atoms with Crippen LogP contribution in [0.1, 0.15) is 24.5 Å². The number of hydrogen-bond acceptors (Lipinski definition) is 4. The van der Waals surface area contributed by atoms with Gasteiger partial charge in [-0.1, -0.05) is 19.1 Å². The Labute approximate surface area is 122 Å². The third-order valence-electron chi connectivity index (χ3n) is 2.63. The SMILES string of the molecule is CCC(NC(=O)CSCc1ccc(C#N)cc1)C(=O)O. The molecule has 1 aromatic carbocycles. The molecule has 0 fully saturated rings. The second-order valence-corrected chi connectivity index (χ2v) is 5.15. The van der Waals surface area contributed by atoms with Gasteiger partial charge in [0.15, 0.2) is 0 Å². The molecule has 20 heavy (non-hydrogen) atoms.